The Morgan fingerprint density at radius 3 is 2.36 bits per heavy atom. The van der Waals surface area contributed by atoms with E-state index in [0.717, 1.165) is 27.6 Å². The SMILES string of the molecule is COc1ccc(C(N)c2nc(-c3ccccc3)c(C)s2)cc1. The Balaban J connectivity index is 1.91. The molecule has 4 heteroatoms. The highest BCUT2D eigenvalue weighted by atomic mass is 32.1. The number of hydrogen-bond donors (Lipinski definition) is 1. The molecule has 2 aromatic carbocycles. The standard InChI is InChI=1S/C18H18N2OS/c1-12-17(14-6-4-3-5-7-14)20-18(22-12)16(19)13-8-10-15(21-2)11-9-13/h3-11,16H,19H2,1-2H3. The maximum absolute atomic E-state index is 6.38. The van der Waals surface area contributed by atoms with Crippen molar-refractivity contribution in [2.45, 2.75) is 13.0 Å². The number of aromatic nitrogens is 1. The summed E-state index contributed by atoms with van der Waals surface area (Å²) in [6.07, 6.45) is 0. The third-order valence-corrected chi connectivity index (χ3v) is 4.66. The lowest BCUT2D eigenvalue weighted by atomic mass is 10.1. The van der Waals surface area contributed by atoms with Crippen LogP contribution in [0.2, 0.25) is 0 Å². The van der Waals surface area contributed by atoms with Gasteiger partial charge in [0.05, 0.1) is 18.8 Å². The number of methoxy groups -OCH3 is 1. The van der Waals surface area contributed by atoms with Gasteiger partial charge in [0.2, 0.25) is 0 Å². The van der Waals surface area contributed by atoms with Gasteiger partial charge in [-0.1, -0.05) is 42.5 Å². The largest absolute Gasteiger partial charge is 0.497 e. The molecule has 2 N–H and O–H groups in total. The van der Waals surface area contributed by atoms with Crippen LogP contribution in [0, 0.1) is 6.92 Å². The Morgan fingerprint density at radius 2 is 1.73 bits per heavy atom. The van der Waals surface area contributed by atoms with Gasteiger partial charge >= 0.3 is 0 Å². The van der Waals surface area contributed by atoms with Crippen LogP contribution >= 0.6 is 11.3 Å². The van der Waals surface area contributed by atoms with Crippen molar-refractivity contribution >= 4 is 11.3 Å². The molecule has 0 amide bonds. The van der Waals surface area contributed by atoms with Crippen LogP contribution in [0.5, 0.6) is 5.75 Å². The fourth-order valence-electron chi connectivity index (χ4n) is 2.37. The predicted molar refractivity (Wildman–Crippen MR) is 91.3 cm³/mol. The van der Waals surface area contributed by atoms with Crippen molar-refractivity contribution in [3.8, 4) is 17.0 Å². The molecule has 0 saturated carbocycles. The quantitative estimate of drug-likeness (QED) is 0.786. The van der Waals surface area contributed by atoms with Crippen LogP contribution in [0.15, 0.2) is 54.6 Å². The molecule has 1 heterocycles. The lowest BCUT2D eigenvalue weighted by Gasteiger charge is -2.09. The van der Waals surface area contributed by atoms with Gasteiger partial charge in [-0.25, -0.2) is 4.98 Å². The molecule has 3 nitrogen and oxygen atoms in total. The molecule has 0 bridgehead atoms. The molecule has 0 radical (unpaired) electrons. The minimum absolute atomic E-state index is 0.216. The second-order valence-corrected chi connectivity index (χ2v) is 6.31. The number of benzene rings is 2. The summed E-state index contributed by atoms with van der Waals surface area (Å²) in [5.74, 6) is 0.830. The van der Waals surface area contributed by atoms with Crippen LogP contribution in [-0.4, -0.2) is 12.1 Å². The smallest absolute Gasteiger partial charge is 0.118 e. The minimum atomic E-state index is -0.216. The highest BCUT2D eigenvalue weighted by molar-refractivity contribution is 7.12. The molecule has 3 aromatic rings. The molecular formula is C18H18N2OS. The van der Waals surface area contributed by atoms with Crippen molar-refractivity contribution in [2.24, 2.45) is 5.73 Å². The number of nitrogens with zero attached hydrogens (tertiary/aromatic N) is 1. The monoisotopic (exact) mass is 310 g/mol. The Hall–Kier alpha value is -2.17. The zero-order valence-electron chi connectivity index (χ0n) is 12.6. The molecule has 112 valence electrons. The lowest BCUT2D eigenvalue weighted by Crippen LogP contribution is -2.11. The molecule has 0 fully saturated rings. The molecule has 0 aliphatic rings. The molecular weight excluding hydrogens is 292 g/mol. The average Bonchev–Trinajstić information content (AvgIpc) is 2.97. The Labute approximate surface area is 134 Å². The summed E-state index contributed by atoms with van der Waals surface area (Å²) >= 11 is 1.65. The maximum Gasteiger partial charge on any atom is 0.118 e. The molecule has 3 rings (SSSR count). The van der Waals surface area contributed by atoms with Crippen LogP contribution in [0.4, 0.5) is 0 Å². The van der Waals surface area contributed by atoms with E-state index < -0.39 is 0 Å². The number of ether oxygens (including phenoxy) is 1. The fraction of sp³-hybridized carbons (Fsp3) is 0.167. The van der Waals surface area contributed by atoms with Gasteiger partial charge in [0.15, 0.2) is 0 Å². The molecule has 0 aliphatic heterocycles. The summed E-state index contributed by atoms with van der Waals surface area (Å²) in [6.45, 7) is 2.09. The lowest BCUT2D eigenvalue weighted by molar-refractivity contribution is 0.414. The first kappa shape index (κ1) is 14.8. The van der Waals surface area contributed by atoms with Gasteiger partial charge in [-0.3, -0.25) is 0 Å². The summed E-state index contributed by atoms with van der Waals surface area (Å²) in [6, 6.07) is 17.8. The topological polar surface area (TPSA) is 48.1 Å². The van der Waals surface area contributed by atoms with E-state index >= 15 is 0 Å². The van der Waals surface area contributed by atoms with Gasteiger partial charge < -0.3 is 10.5 Å². The van der Waals surface area contributed by atoms with E-state index in [9.17, 15) is 0 Å². The fourth-order valence-corrected chi connectivity index (χ4v) is 3.34. The average molecular weight is 310 g/mol. The summed E-state index contributed by atoms with van der Waals surface area (Å²) < 4.78 is 5.18. The van der Waals surface area contributed by atoms with E-state index in [-0.39, 0.29) is 6.04 Å². The third kappa shape index (κ3) is 2.89. The first-order chi connectivity index (χ1) is 10.7. The van der Waals surface area contributed by atoms with Gasteiger partial charge in [-0.2, -0.15) is 0 Å². The normalized spacial score (nSPS) is 12.1. The van der Waals surface area contributed by atoms with Gasteiger partial charge in [-0.15, -0.1) is 11.3 Å². The molecule has 0 spiro atoms. The van der Waals surface area contributed by atoms with Crippen molar-refractivity contribution < 1.29 is 4.74 Å². The molecule has 1 atom stereocenters. The van der Waals surface area contributed by atoms with Gasteiger partial charge in [0.25, 0.3) is 0 Å². The molecule has 0 saturated heterocycles. The third-order valence-electron chi connectivity index (χ3n) is 3.60. The summed E-state index contributed by atoms with van der Waals surface area (Å²) in [4.78, 5) is 5.95. The molecule has 1 aromatic heterocycles. The highest BCUT2D eigenvalue weighted by Crippen LogP contribution is 2.32. The highest BCUT2D eigenvalue weighted by Gasteiger charge is 2.16. The molecule has 22 heavy (non-hydrogen) atoms. The van der Waals surface area contributed by atoms with Gasteiger partial charge in [0.1, 0.15) is 10.8 Å². The van der Waals surface area contributed by atoms with Gasteiger partial charge in [-0.05, 0) is 24.6 Å². The van der Waals surface area contributed by atoms with E-state index in [0.29, 0.717) is 0 Å². The second-order valence-electron chi connectivity index (χ2n) is 5.07. The number of nitrogens with two attached hydrogens (primary N) is 1. The second kappa shape index (κ2) is 6.30. The number of rotatable bonds is 4. The Morgan fingerprint density at radius 1 is 1.05 bits per heavy atom. The summed E-state index contributed by atoms with van der Waals surface area (Å²) in [7, 11) is 1.66. The van der Waals surface area contributed by atoms with Crippen LogP contribution < -0.4 is 10.5 Å². The number of thiazole rings is 1. The Bertz CT molecular complexity index is 751. The molecule has 1 unspecified atom stereocenters. The van der Waals surface area contributed by atoms with Crippen molar-refractivity contribution in [1.82, 2.24) is 4.98 Å². The predicted octanol–water partition coefficient (Wildman–Crippen LogP) is 4.18. The van der Waals surface area contributed by atoms with Crippen LogP contribution in [-0.2, 0) is 0 Å². The summed E-state index contributed by atoms with van der Waals surface area (Å²) in [5.41, 5.74) is 9.56. The number of aryl methyl sites for hydroxylation is 1. The van der Waals surface area contributed by atoms with Crippen LogP contribution in [0.3, 0.4) is 0 Å². The van der Waals surface area contributed by atoms with E-state index in [4.69, 9.17) is 15.5 Å². The van der Waals surface area contributed by atoms with Crippen LogP contribution in [0.25, 0.3) is 11.3 Å². The van der Waals surface area contributed by atoms with E-state index in [1.807, 2.05) is 42.5 Å². The maximum atomic E-state index is 6.38. The van der Waals surface area contributed by atoms with Crippen LogP contribution in [0.1, 0.15) is 21.5 Å². The first-order valence-corrected chi connectivity index (χ1v) is 7.93. The van der Waals surface area contributed by atoms with E-state index in [2.05, 4.69) is 19.1 Å². The number of hydrogen-bond acceptors (Lipinski definition) is 4. The van der Waals surface area contributed by atoms with Gasteiger partial charge in [0, 0.05) is 10.4 Å². The van der Waals surface area contributed by atoms with Crippen molar-refractivity contribution in [2.75, 3.05) is 7.11 Å². The first-order valence-electron chi connectivity index (χ1n) is 7.11. The van der Waals surface area contributed by atoms with Crippen molar-refractivity contribution in [3.05, 3.63) is 70.0 Å². The zero-order valence-corrected chi connectivity index (χ0v) is 13.4. The van der Waals surface area contributed by atoms with E-state index in [1.165, 1.54) is 4.88 Å². The summed E-state index contributed by atoms with van der Waals surface area (Å²) in [5, 5.41) is 0.932. The van der Waals surface area contributed by atoms with Crippen molar-refractivity contribution in [3.63, 3.8) is 0 Å². The molecule has 0 aliphatic carbocycles. The van der Waals surface area contributed by atoms with E-state index in [1.54, 1.807) is 18.4 Å². The Kier molecular flexibility index (Phi) is 4.22. The zero-order chi connectivity index (χ0) is 15.5. The minimum Gasteiger partial charge on any atom is -0.497 e. The van der Waals surface area contributed by atoms with Crippen molar-refractivity contribution in [1.29, 1.82) is 0 Å².